The van der Waals surface area contributed by atoms with Gasteiger partial charge in [-0.3, -0.25) is 0 Å². The molecule has 1 saturated heterocycles. The highest BCUT2D eigenvalue weighted by atomic mass is 16.3. The molecule has 2 aliphatic rings. The predicted octanol–water partition coefficient (Wildman–Crippen LogP) is 3.70. The highest BCUT2D eigenvalue weighted by Crippen LogP contribution is 2.39. The molecule has 2 heterocycles. The number of aliphatic hydroxyl groups is 1. The second kappa shape index (κ2) is 6.32. The molecule has 1 aliphatic heterocycles. The van der Waals surface area contributed by atoms with Crippen molar-refractivity contribution in [2.24, 2.45) is 11.8 Å². The van der Waals surface area contributed by atoms with E-state index in [0.717, 1.165) is 48.9 Å². The molecule has 4 rings (SSSR count). The minimum Gasteiger partial charge on any atom is -0.393 e. The molecule has 4 heteroatoms. The highest BCUT2D eigenvalue weighted by molar-refractivity contribution is 5.90. The van der Waals surface area contributed by atoms with Crippen LogP contribution in [0.1, 0.15) is 44.6 Å². The fourth-order valence-electron chi connectivity index (χ4n) is 4.71. The number of aromatic nitrogens is 2. The van der Waals surface area contributed by atoms with E-state index in [1.807, 2.05) is 0 Å². The largest absolute Gasteiger partial charge is 0.393 e. The third-order valence-electron chi connectivity index (χ3n) is 5.96. The van der Waals surface area contributed by atoms with Crippen LogP contribution in [0.3, 0.4) is 0 Å². The van der Waals surface area contributed by atoms with Crippen molar-refractivity contribution in [2.45, 2.75) is 58.1 Å². The van der Waals surface area contributed by atoms with Crippen molar-refractivity contribution in [3.05, 3.63) is 30.1 Å². The Balaban J connectivity index is 1.71. The molecule has 24 heavy (non-hydrogen) atoms. The van der Waals surface area contributed by atoms with E-state index in [1.165, 1.54) is 12.0 Å². The van der Waals surface area contributed by atoms with E-state index in [2.05, 4.69) is 46.9 Å². The van der Waals surface area contributed by atoms with Crippen molar-refractivity contribution in [2.75, 3.05) is 11.4 Å². The van der Waals surface area contributed by atoms with Gasteiger partial charge in [0, 0.05) is 23.9 Å². The monoisotopic (exact) mass is 325 g/mol. The molecule has 1 N–H and O–H groups in total. The van der Waals surface area contributed by atoms with Gasteiger partial charge in [0.1, 0.15) is 12.1 Å². The Kier molecular flexibility index (Phi) is 4.17. The number of rotatable bonds is 2. The molecule has 1 aliphatic carbocycles. The number of benzene rings is 1. The normalized spacial score (nSPS) is 30.9. The molecule has 0 spiro atoms. The number of aryl methyl sites for hydroxylation is 1. The maximum atomic E-state index is 10.6. The number of hydrogen-bond acceptors (Lipinski definition) is 4. The van der Waals surface area contributed by atoms with Gasteiger partial charge in [-0.2, -0.15) is 0 Å². The molecular formula is C20H27N3O. The first-order valence-electron chi connectivity index (χ1n) is 9.29. The van der Waals surface area contributed by atoms with E-state index in [4.69, 9.17) is 0 Å². The molecular weight excluding hydrogens is 298 g/mol. The van der Waals surface area contributed by atoms with E-state index in [0.29, 0.717) is 17.9 Å². The van der Waals surface area contributed by atoms with Crippen molar-refractivity contribution < 1.29 is 5.11 Å². The molecule has 1 saturated carbocycles. The molecule has 0 unspecified atom stereocenters. The van der Waals surface area contributed by atoms with Gasteiger partial charge in [-0.1, -0.05) is 18.6 Å². The number of hydrogen-bond donors (Lipinski definition) is 1. The summed E-state index contributed by atoms with van der Waals surface area (Å²) in [6.07, 6.45) is 7.08. The van der Waals surface area contributed by atoms with Gasteiger partial charge in [-0.15, -0.1) is 0 Å². The first kappa shape index (κ1) is 15.8. The molecule has 4 atom stereocenters. The summed E-state index contributed by atoms with van der Waals surface area (Å²) in [4.78, 5) is 11.5. The lowest BCUT2D eigenvalue weighted by Crippen LogP contribution is -2.44. The SMILES string of the molecule is Cc1ccc2ncnc(N3CCC[C@@H]3[C@@H]3C[C@H](C)CC[C@@H]3O)c2c1. The summed E-state index contributed by atoms with van der Waals surface area (Å²) in [5.74, 6) is 2.13. The Labute approximate surface area is 143 Å². The summed E-state index contributed by atoms with van der Waals surface area (Å²) in [6.45, 7) is 5.47. The minimum absolute atomic E-state index is 0.165. The summed E-state index contributed by atoms with van der Waals surface area (Å²) in [6, 6.07) is 6.78. The van der Waals surface area contributed by atoms with Crippen molar-refractivity contribution in [1.82, 2.24) is 9.97 Å². The average molecular weight is 325 g/mol. The van der Waals surface area contributed by atoms with Crippen LogP contribution in [-0.4, -0.2) is 33.8 Å². The molecule has 1 aromatic carbocycles. The van der Waals surface area contributed by atoms with Crippen LogP contribution in [0.5, 0.6) is 0 Å². The van der Waals surface area contributed by atoms with Gasteiger partial charge < -0.3 is 10.0 Å². The Morgan fingerprint density at radius 1 is 1.17 bits per heavy atom. The van der Waals surface area contributed by atoms with Gasteiger partial charge in [-0.05, 0) is 57.1 Å². The van der Waals surface area contributed by atoms with E-state index in [9.17, 15) is 5.11 Å². The molecule has 0 amide bonds. The number of nitrogens with zero attached hydrogens (tertiary/aromatic N) is 3. The second-order valence-corrected chi connectivity index (χ2v) is 7.77. The fourth-order valence-corrected chi connectivity index (χ4v) is 4.71. The average Bonchev–Trinajstić information content (AvgIpc) is 3.05. The van der Waals surface area contributed by atoms with E-state index in [1.54, 1.807) is 6.33 Å². The van der Waals surface area contributed by atoms with Gasteiger partial charge in [-0.25, -0.2) is 9.97 Å². The molecule has 1 aromatic heterocycles. The zero-order valence-corrected chi connectivity index (χ0v) is 14.7. The molecule has 0 radical (unpaired) electrons. The van der Waals surface area contributed by atoms with Gasteiger partial charge >= 0.3 is 0 Å². The fraction of sp³-hybridized carbons (Fsp3) is 0.600. The summed E-state index contributed by atoms with van der Waals surface area (Å²) >= 11 is 0. The maximum Gasteiger partial charge on any atom is 0.140 e. The van der Waals surface area contributed by atoms with Crippen LogP contribution in [0.2, 0.25) is 0 Å². The summed E-state index contributed by atoms with van der Waals surface area (Å²) in [5, 5.41) is 11.8. The van der Waals surface area contributed by atoms with E-state index >= 15 is 0 Å². The predicted molar refractivity (Wildman–Crippen MR) is 97.2 cm³/mol. The Bertz CT molecular complexity index is 732. The lowest BCUT2D eigenvalue weighted by atomic mass is 9.76. The molecule has 2 fully saturated rings. The smallest absolute Gasteiger partial charge is 0.140 e. The van der Waals surface area contributed by atoms with Crippen LogP contribution in [0.4, 0.5) is 5.82 Å². The third kappa shape index (κ3) is 2.77. The van der Waals surface area contributed by atoms with Gasteiger partial charge in [0.05, 0.1) is 11.6 Å². The maximum absolute atomic E-state index is 10.6. The van der Waals surface area contributed by atoms with Crippen LogP contribution >= 0.6 is 0 Å². The Morgan fingerprint density at radius 3 is 2.92 bits per heavy atom. The number of anilines is 1. The quantitative estimate of drug-likeness (QED) is 0.914. The first-order valence-corrected chi connectivity index (χ1v) is 9.29. The van der Waals surface area contributed by atoms with Gasteiger partial charge in [0.25, 0.3) is 0 Å². The van der Waals surface area contributed by atoms with Crippen molar-refractivity contribution in [3.8, 4) is 0 Å². The van der Waals surface area contributed by atoms with Crippen LogP contribution in [0, 0.1) is 18.8 Å². The zero-order valence-electron chi connectivity index (χ0n) is 14.7. The van der Waals surface area contributed by atoms with E-state index in [-0.39, 0.29) is 6.10 Å². The highest BCUT2D eigenvalue weighted by Gasteiger charge is 2.39. The van der Waals surface area contributed by atoms with Gasteiger partial charge in [0.2, 0.25) is 0 Å². The number of fused-ring (bicyclic) bond motifs is 1. The van der Waals surface area contributed by atoms with Crippen molar-refractivity contribution >= 4 is 16.7 Å². The molecule has 2 aromatic rings. The minimum atomic E-state index is -0.165. The summed E-state index contributed by atoms with van der Waals surface area (Å²) < 4.78 is 0. The topological polar surface area (TPSA) is 49.2 Å². The van der Waals surface area contributed by atoms with Crippen LogP contribution in [0.25, 0.3) is 10.9 Å². The van der Waals surface area contributed by atoms with Crippen LogP contribution < -0.4 is 4.90 Å². The molecule has 4 nitrogen and oxygen atoms in total. The zero-order chi connectivity index (χ0) is 16.7. The lowest BCUT2D eigenvalue weighted by Gasteiger charge is -2.40. The lowest BCUT2D eigenvalue weighted by molar-refractivity contribution is 0.0390. The first-order chi connectivity index (χ1) is 11.6. The second-order valence-electron chi connectivity index (χ2n) is 7.77. The number of aliphatic hydroxyl groups excluding tert-OH is 1. The Hall–Kier alpha value is -1.68. The summed E-state index contributed by atoms with van der Waals surface area (Å²) in [5.41, 5.74) is 2.24. The third-order valence-corrected chi connectivity index (χ3v) is 5.96. The van der Waals surface area contributed by atoms with E-state index < -0.39 is 0 Å². The van der Waals surface area contributed by atoms with Crippen molar-refractivity contribution in [1.29, 1.82) is 0 Å². The van der Waals surface area contributed by atoms with Gasteiger partial charge in [0.15, 0.2) is 0 Å². The standard InChI is InChI=1S/C20H27N3O/c1-13-5-7-17-15(10-13)20(22-12-21-17)23-9-3-4-18(23)16-11-14(2)6-8-19(16)24/h5,7,10,12,14,16,18-19,24H,3-4,6,8-9,11H2,1-2H3/t14-,16+,18-,19+/m1/s1. The Morgan fingerprint density at radius 2 is 2.04 bits per heavy atom. The summed E-state index contributed by atoms with van der Waals surface area (Å²) in [7, 11) is 0. The van der Waals surface area contributed by atoms with Crippen molar-refractivity contribution in [3.63, 3.8) is 0 Å². The molecule has 128 valence electrons. The van der Waals surface area contributed by atoms with Crippen LogP contribution in [-0.2, 0) is 0 Å². The molecule has 0 bridgehead atoms. The van der Waals surface area contributed by atoms with Crippen LogP contribution in [0.15, 0.2) is 24.5 Å².